The second-order valence-electron chi connectivity index (χ2n) is 2.66. The minimum atomic E-state index is -4.03. The molecular weight excluding hydrogens is 219 g/mol. The summed E-state index contributed by atoms with van der Waals surface area (Å²) >= 11 is 0. The van der Waals surface area contributed by atoms with E-state index in [0.717, 1.165) is 12.1 Å². The van der Waals surface area contributed by atoms with Crippen LogP contribution in [0.4, 0.5) is 4.39 Å². The van der Waals surface area contributed by atoms with Crippen molar-refractivity contribution in [2.45, 2.75) is 11.3 Å². The average molecular weight is 228 g/mol. The maximum absolute atomic E-state index is 13.1. The fourth-order valence-corrected chi connectivity index (χ4v) is 1.90. The quantitative estimate of drug-likeness (QED) is 0.446. The fourth-order valence-electron chi connectivity index (χ4n) is 0.921. The number of halogens is 1. The van der Waals surface area contributed by atoms with Crippen molar-refractivity contribution in [2.75, 3.05) is 6.61 Å². The summed E-state index contributed by atoms with van der Waals surface area (Å²) in [6.07, 6.45) is 5.09. The largest absolute Gasteiger partial charge is 0.299 e. The Morgan fingerprint density at radius 2 is 2.07 bits per heavy atom. The van der Waals surface area contributed by atoms with Crippen LogP contribution in [0.15, 0.2) is 29.2 Å². The van der Waals surface area contributed by atoms with Gasteiger partial charge in [0.25, 0.3) is 10.1 Å². The summed E-state index contributed by atoms with van der Waals surface area (Å²) in [6, 6.07) is 5.01. The molecule has 5 heteroatoms. The molecule has 0 N–H and O–H groups in total. The molecule has 80 valence electrons. The van der Waals surface area contributed by atoms with Gasteiger partial charge in [-0.15, -0.1) is 12.3 Å². The van der Waals surface area contributed by atoms with Gasteiger partial charge in [-0.3, -0.25) is 4.18 Å². The lowest BCUT2D eigenvalue weighted by Crippen LogP contribution is -2.09. The van der Waals surface area contributed by atoms with Gasteiger partial charge >= 0.3 is 0 Å². The highest BCUT2D eigenvalue weighted by atomic mass is 32.2. The van der Waals surface area contributed by atoms with Gasteiger partial charge in [-0.1, -0.05) is 12.1 Å². The molecule has 0 aliphatic heterocycles. The van der Waals surface area contributed by atoms with E-state index in [1.54, 1.807) is 0 Å². The SMILES string of the molecule is C#CCCOS(=O)(=O)c1ccccc1F. The van der Waals surface area contributed by atoms with Crippen molar-refractivity contribution in [3.63, 3.8) is 0 Å². The summed E-state index contributed by atoms with van der Waals surface area (Å²) < 4.78 is 40.4. The molecule has 0 fully saturated rings. The van der Waals surface area contributed by atoms with Crippen molar-refractivity contribution in [3.05, 3.63) is 30.1 Å². The number of benzene rings is 1. The van der Waals surface area contributed by atoms with E-state index in [2.05, 4.69) is 10.1 Å². The van der Waals surface area contributed by atoms with Gasteiger partial charge in [0.15, 0.2) is 0 Å². The topological polar surface area (TPSA) is 43.4 Å². The van der Waals surface area contributed by atoms with Crippen molar-refractivity contribution >= 4 is 10.1 Å². The first-order valence-corrected chi connectivity index (χ1v) is 5.56. The molecule has 0 aliphatic carbocycles. The van der Waals surface area contributed by atoms with E-state index in [-0.39, 0.29) is 13.0 Å². The van der Waals surface area contributed by atoms with E-state index in [0.29, 0.717) is 0 Å². The third kappa shape index (κ3) is 3.05. The van der Waals surface area contributed by atoms with E-state index in [1.807, 2.05) is 0 Å². The molecular formula is C10H9FO3S. The molecule has 0 spiro atoms. The first-order valence-electron chi connectivity index (χ1n) is 4.15. The summed E-state index contributed by atoms with van der Waals surface area (Å²) in [4.78, 5) is -0.470. The van der Waals surface area contributed by atoms with Gasteiger partial charge in [-0.25, -0.2) is 4.39 Å². The fraction of sp³-hybridized carbons (Fsp3) is 0.200. The maximum atomic E-state index is 13.1. The van der Waals surface area contributed by atoms with Crippen LogP contribution in [0.1, 0.15) is 6.42 Å². The standard InChI is InChI=1S/C10H9FO3S/c1-2-3-8-14-15(12,13)10-7-5-4-6-9(10)11/h1,4-7H,3,8H2. The van der Waals surface area contributed by atoms with Crippen molar-refractivity contribution in [3.8, 4) is 12.3 Å². The zero-order valence-corrected chi connectivity index (χ0v) is 8.63. The molecule has 15 heavy (non-hydrogen) atoms. The van der Waals surface area contributed by atoms with Crippen LogP contribution in [-0.4, -0.2) is 15.0 Å². The summed E-state index contributed by atoms with van der Waals surface area (Å²) in [6.45, 7) is -0.146. The summed E-state index contributed by atoms with van der Waals surface area (Å²) in [5, 5.41) is 0. The lowest BCUT2D eigenvalue weighted by Gasteiger charge is -2.04. The summed E-state index contributed by atoms with van der Waals surface area (Å²) in [5.74, 6) is 1.39. The number of rotatable bonds is 4. The normalized spacial score (nSPS) is 10.9. The summed E-state index contributed by atoms with van der Waals surface area (Å²) in [7, 11) is -4.03. The Labute approximate surface area is 88.0 Å². The predicted octanol–water partition coefficient (Wildman–Crippen LogP) is 1.55. The van der Waals surface area contributed by atoms with E-state index >= 15 is 0 Å². The highest BCUT2D eigenvalue weighted by molar-refractivity contribution is 7.86. The Morgan fingerprint density at radius 3 is 2.67 bits per heavy atom. The lowest BCUT2D eigenvalue weighted by atomic mass is 10.4. The van der Waals surface area contributed by atoms with Crippen LogP contribution in [0.2, 0.25) is 0 Å². The van der Waals surface area contributed by atoms with Gasteiger partial charge in [0.1, 0.15) is 10.7 Å². The monoisotopic (exact) mass is 228 g/mol. The smallest absolute Gasteiger partial charge is 0.265 e. The van der Waals surface area contributed by atoms with Gasteiger partial charge in [-0.2, -0.15) is 8.42 Å². The van der Waals surface area contributed by atoms with E-state index in [1.165, 1.54) is 12.1 Å². The second kappa shape index (κ2) is 4.91. The van der Waals surface area contributed by atoms with Gasteiger partial charge in [-0.05, 0) is 12.1 Å². The van der Waals surface area contributed by atoms with Crippen molar-refractivity contribution in [2.24, 2.45) is 0 Å². The highest BCUT2D eigenvalue weighted by Gasteiger charge is 2.18. The van der Waals surface area contributed by atoms with Crippen LogP contribution in [-0.2, 0) is 14.3 Å². The molecule has 0 saturated carbocycles. The van der Waals surface area contributed by atoms with Crippen LogP contribution in [0.3, 0.4) is 0 Å². The Bertz CT molecular complexity index is 474. The van der Waals surface area contributed by atoms with E-state index in [9.17, 15) is 12.8 Å². The number of terminal acetylenes is 1. The zero-order valence-electron chi connectivity index (χ0n) is 7.81. The first-order chi connectivity index (χ1) is 7.08. The predicted molar refractivity (Wildman–Crippen MR) is 53.0 cm³/mol. The van der Waals surface area contributed by atoms with Crippen LogP contribution in [0, 0.1) is 18.2 Å². The third-order valence-corrected chi connectivity index (χ3v) is 2.94. The van der Waals surface area contributed by atoms with Crippen molar-refractivity contribution in [1.82, 2.24) is 0 Å². The van der Waals surface area contributed by atoms with E-state index in [4.69, 9.17) is 6.42 Å². The Kier molecular flexibility index (Phi) is 3.83. The molecule has 0 aromatic heterocycles. The molecule has 0 aliphatic rings. The molecule has 0 saturated heterocycles. The minimum Gasteiger partial charge on any atom is -0.265 e. The molecule has 1 aromatic carbocycles. The number of hydrogen-bond donors (Lipinski definition) is 0. The van der Waals surface area contributed by atoms with Crippen LogP contribution in [0.5, 0.6) is 0 Å². The van der Waals surface area contributed by atoms with E-state index < -0.39 is 20.8 Å². The summed E-state index contributed by atoms with van der Waals surface area (Å²) in [5.41, 5.74) is 0. The molecule has 0 atom stereocenters. The zero-order chi connectivity index (χ0) is 11.3. The maximum Gasteiger partial charge on any atom is 0.299 e. The Hall–Kier alpha value is -1.38. The molecule has 1 rings (SSSR count). The van der Waals surface area contributed by atoms with Crippen molar-refractivity contribution < 1.29 is 17.0 Å². The molecule has 0 amide bonds. The minimum absolute atomic E-state index is 0.146. The molecule has 1 aromatic rings. The molecule has 0 radical (unpaired) electrons. The Balaban J connectivity index is 2.88. The molecule has 3 nitrogen and oxygen atoms in total. The number of hydrogen-bond acceptors (Lipinski definition) is 3. The first kappa shape index (κ1) is 11.7. The molecule has 0 bridgehead atoms. The van der Waals surface area contributed by atoms with Gasteiger partial charge in [0, 0.05) is 6.42 Å². The van der Waals surface area contributed by atoms with Crippen LogP contribution < -0.4 is 0 Å². The highest BCUT2D eigenvalue weighted by Crippen LogP contribution is 2.15. The van der Waals surface area contributed by atoms with Crippen molar-refractivity contribution in [1.29, 1.82) is 0 Å². The molecule has 0 heterocycles. The average Bonchev–Trinajstić information content (AvgIpc) is 2.18. The third-order valence-electron chi connectivity index (χ3n) is 1.59. The second-order valence-corrected chi connectivity index (χ2v) is 4.24. The molecule has 0 unspecified atom stereocenters. The van der Waals surface area contributed by atoms with Crippen LogP contribution in [0.25, 0.3) is 0 Å². The van der Waals surface area contributed by atoms with Gasteiger partial charge in [0.05, 0.1) is 6.61 Å². The van der Waals surface area contributed by atoms with Crippen LogP contribution >= 0.6 is 0 Å². The lowest BCUT2D eigenvalue weighted by molar-refractivity contribution is 0.324. The van der Waals surface area contributed by atoms with Gasteiger partial charge < -0.3 is 0 Å². The Morgan fingerprint density at radius 1 is 1.40 bits per heavy atom. The van der Waals surface area contributed by atoms with Gasteiger partial charge in [0.2, 0.25) is 0 Å².